The number of rotatable bonds is 3. The van der Waals surface area contributed by atoms with Crippen molar-refractivity contribution in [3.63, 3.8) is 0 Å². The average molecular weight is 376 g/mol. The van der Waals surface area contributed by atoms with Crippen LogP contribution in [0.1, 0.15) is 5.56 Å². The SMILES string of the molecule is O=[N+]([O-])c1ccc(Cl)c(NC(=S)Nc2ccccc2C(F)(F)F)c1. The number of nitro groups is 1. The van der Waals surface area contributed by atoms with Crippen molar-refractivity contribution in [1.82, 2.24) is 0 Å². The van der Waals surface area contributed by atoms with E-state index < -0.39 is 16.7 Å². The number of thiocarbonyl (C=S) groups is 1. The van der Waals surface area contributed by atoms with Crippen LogP contribution in [0.3, 0.4) is 0 Å². The van der Waals surface area contributed by atoms with Crippen LogP contribution in [0.2, 0.25) is 5.02 Å². The van der Waals surface area contributed by atoms with Crippen LogP contribution < -0.4 is 10.6 Å². The fourth-order valence-corrected chi connectivity index (χ4v) is 2.22. The molecule has 10 heteroatoms. The predicted molar refractivity (Wildman–Crippen MR) is 89.4 cm³/mol. The summed E-state index contributed by atoms with van der Waals surface area (Å²) < 4.78 is 38.8. The van der Waals surface area contributed by atoms with Gasteiger partial charge in [-0.05, 0) is 30.4 Å². The summed E-state index contributed by atoms with van der Waals surface area (Å²) in [7, 11) is 0. The first kappa shape index (κ1) is 18.0. The van der Waals surface area contributed by atoms with Crippen molar-refractivity contribution in [2.24, 2.45) is 0 Å². The molecule has 0 aliphatic heterocycles. The number of nitrogens with zero attached hydrogens (tertiary/aromatic N) is 1. The summed E-state index contributed by atoms with van der Waals surface area (Å²) in [5, 5.41) is 15.7. The van der Waals surface area contributed by atoms with Crippen LogP contribution in [0.25, 0.3) is 0 Å². The highest BCUT2D eigenvalue weighted by atomic mass is 35.5. The van der Waals surface area contributed by atoms with Crippen molar-refractivity contribution in [3.05, 3.63) is 63.2 Å². The highest BCUT2D eigenvalue weighted by molar-refractivity contribution is 7.80. The molecule has 0 atom stereocenters. The minimum atomic E-state index is -4.55. The van der Waals surface area contributed by atoms with E-state index in [4.69, 9.17) is 23.8 Å². The third-order valence-electron chi connectivity index (χ3n) is 2.89. The Morgan fingerprint density at radius 3 is 2.38 bits per heavy atom. The Kier molecular flexibility index (Phi) is 5.25. The first-order valence-corrected chi connectivity index (χ1v) is 7.15. The molecule has 0 radical (unpaired) electrons. The summed E-state index contributed by atoms with van der Waals surface area (Å²) in [6, 6.07) is 8.41. The molecule has 0 bridgehead atoms. The Hall–Kier alpha value is -2.39. The van der Waals surface area contributed by atoms with Gasteiger partial charge in [-0.1, -0.05) is 23.7 Å². The maximum atomic E-state index is 12.9. The number of hydrogen-bond donors (Lipinski definition) is 2. The summed E-state index contributed by atoms with van der Waals surface area (Å²) >= 11 is 10.9. The molecule has 2 rings (SSSR count). The fraction of sp³-hybridized carbons (Fsp3) is 0.0714. The van der Waals surface area contributed by atoms with Crippen LogP contribution in [0.5, 0.6) is 0 Å². The monoisotopic (exact) mass is 375 g/mol. The van der Waals surface area contributed by atoms with E-state index in [1.807, 2.05) is 0 Å². The third-order valence-corrected chi connectivity index (χ3v) is 3.42. The van der Waals surface area contributed by atoms with Crippen LogP contribution in [0.15, 0.2) is 42.5 Å². The number of nitro benzene ring substituents is 1. The zero-order valence-corrected chi connectivity index (χ0v) is 13.3. The Balaban J connectivity index is 2.21. The summed E-state index contributed by atoms with van der Waals surface area (Å²) in [5.74, 6) is 0. The molecule has 0 fully saturated rings. The van der Waals surface area contributed by atoms with Crippen molar-refractivity contribution >= 4 is 46.0 Å². The van der Waals surface area contributed by atoms with Gasteiger partial charge in [0.25, 0.3) is 5.69 Å². The Labute approximate surface area is 144 Å². The second-order valence-corrected chi connectivity index (χ2v) is 5.36. The number of alkyl halides is 3. The van der Waals surface area contributed by atoms with Gasteiger partial charge in [-0.15, -0.1) is 0 Å². The Bertz CT molecular complexity index is 799. The van der Waals surface area contributed by atoms with Crippen molar-refractivity contribution in [2.75, 3.05) is 10.6 Å². The fourth-order valence-electron chi connectivity index (χ4n) is 1.84. The lowest BCUT2D eigenvalue weighted by molar-refractivity contribution is -0.384. The minimum Gasteiger partial charge on any atom is -0.332 e. The average Bonchev–Trinajstić information content (AvgIpc) is 2.48. The second-order valence-electron chi connectivity index (χ2n) is 4.54. The van der Waals surface area contributed by atoms with Gasteiger partial charge in [0.15, 0.2) is 5.11 Å². The second kappa shape index (κ2) is 7.02. The van der Waals surface area contributed by atoms with E-state index in [0.29, 0.717) is 0 Å². The van der Waals surface area contributed by atoms with Crippen molar-refractivity contribution < 1.29 is 18.1 Å². The molecule has 2 aromatic carbocycles. The van der Waals surface area contributed by atoms with Crippen LogP contribution in [-0.4, -0.2) is 10.0 Å². The Morgan fingerprint density at radius 2 is 1.75 bits per heavy atom. The van der Waals surface area contributed by atoms with Gasteiger partial charge in [0.1, 0.15) is 0 Å². The topological polar surface area (TPSA) is 67.2 Å². The molecular weight excluding hydrogens is 367 g/mol. The van der Waals surface area contributed by atoms with Crippen LogP contribution in [-0.2, 0) is 6.18 Å². The Morgan fingerprint density at radius 1 is 1.12 bits per heavy atom. The van der Waals surface area contributed by atoms with E-state index >= 15 is 0 Å². The lowest BCUT2D eigenvalue weighted by Gasteiger charge is -2.16. The van der Waals surface area contributed by atoms with E-state index in [1.54, 1.807) is 0 Å². The van der Waals surface area contributed by atoms with Gasteiger partial charge >= 0.3 is 6.18 Å². The number of benzene rings is 2. The van der Waals surface area contributed by atoms with Crippen molar-refractivity contribution in [2.45, 2.75) is 6.18 Å². The molecule has 0 spiro atoms. The summed E-state index contributed by atoms with van der Waals surface area (Å²) in [5.41, 5.74) is -1.27. The van der Waals surface area contributed by atoms with E-state index in [9.17, 15) is 23.3 Å². The zero-order chi connectivity index (χ0) is 17.9. The molecule has 0 aromatic heterocycles. The van der Waals surface area contributed by atoms with Crippen LogP contribution in [0.4, 0.5) is 30.2 Å². The van der Waals surface area contributed by atoms with E-state index in [1.165, 1.54) is 30.3 Å². The molecular formula is C14H9ClF3N3O2S. The number of non-ortho nitro benzene ring substituents is 1. The molecule has 126 valence electrons. The largest absolute Gasteiger partial charge is 0.418 e. The van der Waals surface area contributed by atoms with E-state index in [2.05, 4.69) is 10.6 Å². The van der Waals surface area contributed by atoms with E-state index in [0.717, 1.165) is 12.1 Å². The number of hydrogen-bond acceptors (Lipinski definition) is 3. The number of nitrogens with one attached hydrogen (secondary N) is 2. The molecule has 0 saturated carbocycles. The molecule has 24 heavy (non-hydrogen) atoms. The predicted octanol–water partition coefficient (Wildman–Crippen LogP) is 5.08. The highest BCUT2D eigenvalue weighted by Crippen LogP contribution is 2.34. The minimum absolute atomic E-state index is 0.104. The number of para-hydroxylation sites is 1. The first-order valence-electron chi connectivity index (χ1n) is 6.36. The molecule has 5 nitrogen and oxygen atoms in total. The molecule has 0 unspecified atom stereocenters. The first-order chi connectivity index (χ1) is 11.2. The van der Waals surface area contributed by atoms with E-state index in [-0.39, 0.29) is 27.2 Å². The number of anilines is 2. The summed E-state index contributed by atoms with van der Waals surface area (Å²) in [4.78, 5) is 10.1. The number of halogens is 4. The van der Waals surface area contributed by atoms with Gasteiger partial charge in [-0.3, -0.25) is 10.1 Å². The van der Waals surface area contributed by atoms with Crippen LogP contribution >= 0.6 is 23.8 Å². The van der Waals surface area contributed by atoms with Crippen molar-refractivity contribution in [3.8, 4) is 0 Å². The molecule has 2 aromatic rings. The standard InChI is InChI=1S/C14H9ClF3N3O2S/c15-10-6-5-8(21(22)23)7-12(10)20-13(24)19-11-4-2-1-3-9(11)14(16,17)18/h1-7H,(H2,19,20,24). The summed E-state index contributed by atoms with van der Waals surface area (Å²) in [6.07, 6.45) is -4.55. The van der Waals surface area contributed by atoms with Gasteiger partial charge < -0.3 is 10.6 Å². The molecule has 0 amide bonds. The van der Waals surface area contributed by atoms with Gasteiger partial charge in [0, 0.05) is 12.1 Å². The zero-order valence-electron chi connectivity index (χ0n) is 11.7. The molecule has 0 heterocycles. The highest BCUT2D eigenvalue weighted by Gasteiger charge is 2.33. The van der Waals surface area contributed by atoms with Crippen molar-refractivity contribution in [1.29, 1.82) is 0 Å². The normalized spacial score (nSPS) is 11.0. The van der Waals surface area contributed by atoms with Crippen LogP contribution in [0, 0.1) is 10.1 Å². The third kappa shape index (κ3) is 4.33. The maximum Gasteiger partial charge on any atom is 0.418 e. The smallest absolute Gasteiger partial charge is 0.332 e. The molecule has 0 saturated heterocycles. The maximum absolute atomic E-state index is 12.9. The van der Waals surface area contributed by atoms with Gasteiger partial charge in [0.05, 0.1) is 26.9 Å². The molecule has 2 N–H and O–H groups in total. The van der Waals surface area contributed by atoms with Gasteiger partial charge in [-0.25, -0.2) is 0 Å². The molecule has 0 aliphatic rings. The molecule has 0 aliphatic carbocycles. The quantitative estimate of drug-likeness (QED) is 0.445. The summed E-state index contributed by atoms with van der Waals surface area (Å²) in [6.45, 7) is 0. The lowest BCUT2D eigenvalue weighted by Crippen LogP contribution is -2.21. The van der Waals surface area contributed by atoms with Gasteiger partial charge in [0.2, 0.25) is 0 Å². The van der Waals surface area contributed by atoms with Gasteiger partial charge in [-0.2, -0.15) is 13.2 Å². The lowest BCUT2D eigenvalue weighted by atomic mass is 10.1.